The van der Waals surface area contributed by atoms with Gasteiger partial charge in [0, 0.05) is 39.1 Å². The zero-order valence-electron chi connectivity index (χ0n) is 19.7. The first kappa shape index (κ1) is 23.3. The van der Waals surface area contributed by atoms with Gasteiger partial charge in [0.05, 0.1) is 10.9 Å². The molecule has 2 atom stereocenters. The molecule has 7 nitrogen and oxygen atoms in total. The van der Waals surface area contributed by atoms with Crippen molar-refractivity contribution in [1.29, 1.82) is 0 Å². The maximum Gasteiger partial charge on any atom is 0.243 e. The Labute approximate surface area is 202 Å². The van der Waals surface area contributed by atoms with Gasteiger partial charge in [-0.2, -0.15) is 4.31 Å². The molecule has 2 fully saturated rings. The number of ether oxygens (including phenoxy) is 1. The van der Waals surface area contributed by atoms with E-state index in [-0.39, 0.29) is 24.1 Å². The van der Waals surface area contributed by atoms with E-state index in [9.17, 15) is 13.2 Å². The Morgan fingerprint density at radius 1 is 1.03 bits per heavy atom. The summed E-state index contributed by atoms with van der Waals surface area (Å²) < 4.78 is 34.4. The molecule has 0 spiro atoms. The number of para-hydroxylation sites is 1. The summed E-state index contributed by atoms with van der Waals surface area (Å²) in [5.74, 6) is 0.799. The molecule has 3 aliphatic rings. The van der Waals surface area contributed by atoms with Gasteiger partial charge in [-0.3, -0.25) is 9.69 Å². The maximum atomic E-state index is 13.3. The Hall–Kier alpha value is -2.42. The van der Waals surface area contributed by atoms with Crippen molar-refractivity contribution < 1.29 is 17.9 Å². The van der Waals surface area contributed by atoms with Crippen molar-refractivity contribution in [1.82, 2.24) is 14.5 Å². The van der Waals surface area contributed by atoms with E-state index in [4.69, 9.17) is 4.74 Å². The molecular weight excluding hydrogens is 450 g/mol. The molecule has 2 saturated heterocycles. The van der Waals surface area contributed by atoms with Gasteiger partial charge in [-0.05, 0) is 67.5 Å². The molecule has 1 aliphatic carbocycles. The second kappa shape index (κ2) is 9.68. The SMILES string of the molecule is CNC(=O)[C@@H]1C[C@H](Oc2ccccc2)CN1C1CCN(S(=O)(=O)c2ccc3c(c2)CCC3)CC1. The second-order valence-corrected chi connectivity index (χ2v) is 11.5. The van der Waals surface area contributed by atoms with Gasteiger partial charge in [-0.15, -0.1) is 0 Å². The Kier molecular flexibility index (Phi) is 6.64. The van der Waals surface area contributed by atoms with Gasteiger partial charge in [0.15, 0.2) is 0 Å². The van der Waals surface area contributed by atoms with Crippen LogP contribution in [0.25, 0.3) is 0 Å². The normalized spacial score (nSPS) is 24.1. The quantitative estimate of drug-likeness (QED) is 0.683. The number of rotatable bonds is 6. The summed E-state index contributed by atoms with van der Waals surface area (Å²) in [6.45, 7) is 1.59. The van der Waals surface area contributed by atoms with Gasteiger partial charge in [0.1, 0.15) is 11.9 Å². The number of hydrogen-bond acceptors (Lipinski definition) is 5. The monoisotopic (exact) mass is 483 g/mol. The Bertz CT molecular complexity index is 1130. The van der Waals surface area contributed by atoms with Crippen LogP contribution in [0.3, 0.4) is 0 Å². The predicted molar refractivity (Wildman–Crippen MR) is 130 cm³/mol. The molecule has 182 valence electrons. The van der Waals surface area contributed by atoms with Crippen molar-refractivity contribution in [3.63, 3.8) is 0 Å². The van der Waals surface area contributed by atoms with Gasteiger partial charge in [-0.1, -0.05) is 24.3 Å². The molecule has 2 aliphatic heterocycles. The fourth-order valence-electron chi connectivity index (χ4n) is 5.70. The third-order valence-corrected chi connectivity index (χ3v) is 9.39. The van der Waals surface area contributed by atoms with Gasteiger partial charge in [0.2, 0.25) is 15.9 Å². The van der Waals surface area contributed by atoms with Crippen molar-refractivity contribution in [3.8, 4) is 5.75 Å². The minimum absolute atomic E-state index is 0.00708. The molecule has 8 heteroatoms. The topological polar surface area (TPSA) is 79.0 Å². The number of aryl methyl sites for hydroxylation is 2. The third-order valence-electron chi connectivity index (χ3n) is 7.50. The van der Waals surface area contributed by atoms with Crippen LogP contribution < -0.4 is 10.1 Å². The molecule has 0 aromatic heterocycles. The van der Waals surface area contributed by atoms with Crippen LogP contribution >= 0.6 is 0 Å². The fraction of sp³-hybridized carbons (Fsp3) is 0.500. The number of amides is 1. The van der Waals surface area contributed by atoms with Crippen LogP contribution in [0.4, 0.5) is 0 Å². The number of likely N-dealkylation sites (N-methyl/N-ethyl adjacent to an activating group) is 1. The zero-order valence-corrected chi connectivity index (χ0v) is 20.5. The van der Waals surface area contributed by atoms with Crippen molar-refractivity contribution >= 4 is 15.9 Å². The lowest BCUT2D eigenvalue weighted by Crippen LogP contribution is -2.51. The number of piperidine rings is 1. The molecule has 0 radical (unpaired) electrons. The fourth-order valence-corrected chi connectivity index (χ4v) is 7.22. The number of hydrogen-bond donors (Lipinski definition) is 1. The number of carbonyl (C=O) groups excluding carboxylic acids is 1. The molecule has 2 aromatic carbocycles. The van der Waals surface area contributed by atoms with E-state index < -0.39 is 10.0 Å². The first-order valence-electron chi connectivity index (χ1n) is 12.3. The highest BCUT2D eigenvalue weighted by Gasteiger charge is 2.43. The molecule has 0 unspecified atom stereocenters. The summed E-state index contributed by atoms with van der Waals surface area (Å²) in [5, 5.41) is 2.79. The van der Waals surface area contributed by atoms with Crippen LogP contribution in [0.1, 0.15) is 36.8 Å². The van der Waals surface area contributed by atoms with Crippen molar-refractivity contribution in [2.24, 2.45) is 0 Å². The standard InChI is InChI=1S/C26H33N3O4S/c1-27-26(30)25-17-23(33-22-8-3-2-4-9-22)18-29(25)21-12-14-28(15-13-21)34(31,32)24-11-10-19-6-5-7-20(19)16-24/h2-4,8-11,16,21,23,25H,5-7,12-15,17-18H2,1H3,(H,27,30)/t23-,25-/m0/s1. The zero-order chi connectivity index (χ0) is 23.7. The Morgan fingerprint density at radius 2 is 1.76 bits per heavy atom. The Morgan fingerprint density at radius 3 is 2.50 bits per heavy atom. The predicted octanol–water partition coefficient (Wildman–Crippen LogP) is 2.60. The van der Waals surface area contributed by atoms with Gasteiger partial charge < -0.3 is 10.1 Å². The number of carbonyl (C=O) groups is 1. The van der Waals surface area contributed by atoms with Crippen LogP contribution in [0.5, 0.6) is 5.75 Å². The van der Waals surface area contributed by atoms with E-state index in [1.807, 2.05) is 42.5 Å². The summed E-state index contributed by atoms with van der Waals surface area (Å²) in [7, 11) is -1.84. The molecule has 0 saturated carbocycles. The lowest BCUT2D eigenvalue weighted by Gasteiger charge is -2.38. The minimum atomic E-state index is -3.51. The highest BCUT2D eigenvalue weighted by molar-refractivity contribution is 7.89. The largest absolute Gasteiger partial charge is 0.489 e. The molecule has 2 heterocycles. The van der Waals surface area contributed by atoms with E-state index in [1.165, 1.54) is 11.1 Å². The summed E-state index contributed by atoms with van der Waals surface area (Å²) >= 11 is 0. The van der Waals surface area contributed by atoms with Crippen molar-refractivity contribution in [2.75, 3.05) is 26.7 Å². The number of sulfonamides is 1. The number of nitrogens with zero attached hydrogens (tertiary/aromatic N) is 2. The average molecular weight is 484 g/mol. The minimum Gasteiger partial charge on any atom is -0.489 e. The maximum absolute atomic E-state index is 13.3. The van der Waals surface area contributed by atoms with Gasteiger partial charge >= 0.3 is 0 Å². The highest BCUT2D eigenvalue weighted by Crippen LogP contribution is 2.32. The van der Waals surface area contributed by atoms with Crippen LogP contribution in [0.2, 0.25) is 0 Å². The molecule has 0 bridgehead atoms. The van der Waals surface area contributed by atoms with Crippen LogP contribution in [0.15, 0.2) is 53.4 Å². The summed E-state index contributed by atoms with van der Waals surface area (Å²) in [4.78, 5) is 15.3. The molecule has 2 aromatic rings. The van der Waals surface area contributed by atoms with E-state index in [0.717, 1.165) is 25.0 Å². The molecule has 5 rings (SSSR count). The lowest BCUT2D eigenvalue weighted by atomic mass is 10.0. The van der Waals surface area contributed by atoms with E-state index in [0.29, 0.717) is 43.8 Å². The average Bonchev–Trinajstić information content (AvgIpc) is 3.51. The van der Waals surface area contributed by atoms with E-state index >= 15 is 0 Å². The smallest absolute Gasteiger partial charge is 0.243 e. The van der Waals surface area contributed by atoms with E-state index in [2.05, 4.69) is 10.2 Å². The summed E-state index contributed by atoms with van der Waals surface area (Å²) in [6.07, 6.45) is 5.06. The Balaban J connectivity index is 1.25. The van der Waals surface area contributed by atoms with Crippen molar-refractivity contribution in [2.45, 2.75) is 61.6 Å². The van der Waals surface area contributed by atoms with Crippen LogP contribution in [-0.4, -0.2) is 68.4 Å². The van der Waals surface area contributed by atoms with Gasteiger partial charge in [-0.25, -0.2) is 8.42 Å². The molecule has 1 amide bonds. The summed E-state index contributed by atoms with van der Waals surface area (Å²) in [6, 6.07) is 15.2. The lowest BCUT2D eigenvalue weighted by molar-refractivity contribution is -0.126. The second-order valence-electron chi connectivity index (χ2n) is 9.53. The molecular formula is C26H33N3O4S. The number of nitrogens with one attached hydrogen (secondary N) is 1. The van der Waals surface area contributed by atoms with Gasteiger partial charge in [0.25, 0.3) is 0 Å². The third kappa shape index (κ3) is 4.59. The van der Waals surface area contributed by atoms with Crippen molar-refractivity contribution in [3.05, 3.63) is 59.7 Å². The van der Waals surface area contributed by atoms with Crippen LogP contribution in [-0.2, 0) is 27.7 Å². The number of likely N-dealkylation sites (tertiary alicyclic amines) is 1. The number of fused-ring (bicyclic) bond motifs is 1. The molecule has 34 heavy (non-hydrogen) atoms. The highest BCUT2D eigenvalue weighted by atomic mass is 32.2. The first-order valence-corrected chi connectivity index (χ1v) is 13.7. The van der Waals surface area contributed by atoms with E-state index in [1.54, 1.807) is 17.4 Å². The first-order chi connectivity index (χ1) is 16.5. The summed E-state index contributed by atoms with van der Waals surface area (Å²) in [5.41, 5.74) is 2.45. The van der Waals surface area contributed by atoms with Crippen LogP contribution in [0, 0.1) is 0 Å². The molecule has 1 N–H and O–H groups in total. The number of benzene rings is 2.